The molecule has 4 aliphatic carbocycles. The SMILES string of the molecule is CC(=O)N[C@@H]1c2ccc(cc2)CCc2ccc(cc2)CCc2ccc(cc2)[C@@H]1NC(C)=O. The maximum Gasteiger partial charge on any atom is 0.217 e. The number of carbonyl (C=O) groups is 2. The Hall–Kier alpha value is -3.40. The number of amides is 2. The minimum absolute atomic E-state index is 0.129. The molecule has 2 N–H and O–H groups in total. The summed E-state index contributed by atoms with van der Waals surface area (Å²) < 4.78 is 0. The lowest BCUT2D eigenvalue weighted by Gasteiger charge is -2.29. The van der Waals surface area contributed by atoms with Crippen molar-refractivity contribution in [3.63, 3.8) is 0 Å². The standard InChI is InChI=1S/C28H30N2O2/c1-19(31)29-27-25-15-11-23(12-16-25)9-7-21-3-5-22(6-4-21)8-10-24-13-17-26(18-14-24)28(27)30-20(2)32/h3-6,11-18,27-28H,7-10H2,1-2H3,(H,29,31)(H,30,32)/t27-,28+. The van der Waals surface area contributed by atoms with Gasteiger partial charge in [-0.2, -0.15) is 0 Å². The molecule has 3 aromatic rings. The number of carbonyl (C=O) groups excluding carboxylic acids is 2. The number of hydrogen-bond donors (Lipinski definition) is 2. The molecule has 7 rings (SSSR count). The van der Waals surface area contributed by atoms with E-state index in [-0.39, 0.29) is 23.9 Å². The smallest absolute Gasteiger partial charge is 0.217 e. The van der Waals surface area contributed by atoms with E-state index in [1.807, 2.05) is 0 Å². The minimum Gasteiger partial charge on any atom is -0.347 e. The lowest BCUT2D eigenvalue weighted by Crippen LogP contribution is -2.39. The average Bonchev–Trinajstić information content (AvgIpc) is 2.79. The van der Waals surface area contributed by atoms with Crippen LogP contribution in [0.4, 0.5) is 0 Å². The molecule has 4 heteroatoms. The summed E-state index contributed by atoms with van der Waals surface area (Å²) in [6.07, 6.45) is 3.90. The highest BCUT2D eigenvalue weighted by molar-refractivity contribution is 5.75. The van der Waals surface area contributed by atoms with E-state index in [9.17, 15) is 9.59 Å². The molecule has 0 aliphatic heterocycles. The Morgan fingerprint density at radius 1 is 0.531 bits per heavy atom. The fourth-order valence-electron chi connectivity index (χ4n) is 4.39. The predicted molar refractivity (Wildman–Crippen MR) is 127 cm³/mol. The summed E-state index contributed by atoms with van der Waals surface area (Å²) >= 11 is 0. The molecule has 0 heterocycles. The molecule has 4 nitrogen and oxygen atoms in total. The first-order valence-corrected chi connectivity index (χ1v) is 11.3. The Morgan fingerprint density at radius 3 is 1.03 bits per heavy atom. The Bertz CT molecular complexity index is 981. The van der Waals surface area contributed by atoms with Crippen LogP contribution < -0.4 is 10.6 Å². The number of rotatable bonds is 2. The summed E-state index contributed by atoms with van der Waals surface area (Å²) in [5.74, 6) is -0.257. The Kier molecular flexibility index (Phi) is 6.69. The average molecular weight is 427 g/mol. The van der Waals surface area contributed by atoms with Crippen molar-refractivity contribution in [2.75, 3.05) is 0 Å². The maximum atomic E-state index is 12.1. The van der Waals surface area contributed by atoms with Gasteiger partial charge in [-0.1, -0.05) is 72.8 Å². The fraction of sp³-hybridized carbons (Fsp3) is 0.286. The van der Waals surface area contributed by atoms with Crippen molar-refractivity contribution >= 4 is 11.8 Å². The van der Waals surface area contributed by atoms with Crippen LogP contribution in [0.1, 0.15) is 59.3 Å². The summed E-state index contributed by atoms with van der Waals surface area (Å²) in [6.45, 7) is 3.03. The topological polar surface area (TPSA) is 58.2 Å². The maximum absolute atomic E-state index is 12.1. The first-order chi connectivity index (χ1) is 15.5. The van der Waals surface area contributed by atoms with Gasteiger partial charge in [0.1, 0.15) is 0 Å². The molecule has 2 amide bonds. The molecule has 2 atom stereocenters. The van der Waals surface area contributed by atoms with E-state index in [0.29, 0.717) is 0 Å². The van der Waals surface area contributed by atoms with E-state index < -0.39 is 0 Å². The molecule has 0 saturated carbocycles. The van der Waals surface area contributed by atoms with Crippen LogP contribution in [-0.4, -0.2) is 11.8 Å². The minimum atomic E-state index is -0.359. The van der Waals surface area contributed by atoms with E-state index >= 15 is 0 Å². The Morgan fingerprint density at radius 2 is 0.781 bits per heavy atom. The zero-order chi connectivity index (χ0) is 22.5. The highest BCUT2D eigenvalue weighted by atomic mass is 16.2. The highest BCUT2D eigenvalue weighted by Crippen LogP contribution is 2.30. The van der Waals surface area contributed by atoms with Gasteiger partial charge in [-0.25, -0.2) is 0 Å². The van der Waals surface area contributed by atoms with Gasteiger partial charge in [0.2, 0.25) is 11.8 Å². The monoisotopic (exact) mass is 426 g/mol. The Labute approximate surface area is 190 Å². The molecule has 0 spiro atoms. The molecule has 32 heavy (non-hydrogen) atoms. The summed E-state index contributed by atoms with van der Waals surface area (Å²) in [5, 5.41) is 6.13. The molecule has 164 valence electrons. The number of fused-ring (bicyclic) bond motifs is 3. The first-order valence-electron chi connectivity index (χ1n) is 11.3. The van der Waals surface area contributed by atoms with E-state index in [1.165, 1.54) is 36.1 Å². The van der Waals surface area contributed by atoms with Gasteiger partial charge in [0.05, 0.1) is 12.1 Å². The molecule has 0 saturated heterocycles. The molecule has 0 unspecified atom stereocenters. The van der Waals surface area contributed by atoms with Crippen molar-refractivity contribution in [3.05, 3.63) is 106 Å². The van der Waals surface area contributed by atoms with Crippen LogP contribution in [0.5, 0.6) is 0 Å². The molecule has 6 bridgehead atoms. The quantitative estimate of drug-likeness (QED) is 0.628. The van der Waals surface area contributed by atoms with Gasteiger partial charge in [-0.05, 0) is 59.1 Å². The summed E-state index contributed by atoms with van der Waals surface area (Å²) in [7, 11) is 0. The van der Waals surface area contributed by atoms with E-state index in [0.717, 1.165) is 36.8 Å². The molecular formula is C28H30N2O2. The molecular weight excluding hydrogens is 396 g/mol. The highest BCUT2D eigenvalue weighted by Gasteiger charge is 2.26. The fourth-order valence-corrected chi connectivity index (χ4v) is 4.39. The molecule has 4 aliphatic rings. The van der Waals surface area contributed by atoms with Crippen molar-refractivity contribution < 1.29 is 9.59 Å². The third-order valence-corrected chi connectivity index (χ3v) is 6.16. The second kappa shape index (κ2) is 9.82. The largest absolute Gasteiger partial charge is 0.347 e. The van der Waals surface area contributed by atoms with Gasteiger partial charge in [-0.15, -0.1) is 0 Å². The van der Waals surface area contributed by atoms with Crippen LogP contribution in [0, 0.1) is 0 Å². The van der Waals surface area contributed by atoms with E-state index in [2.05, 4.69) is 83.4 Å². The first kappa shape index (κ1) is 21.8. The van der Waals surface area contributed by atoms with Crippen LogP contribution in [0.25, 0.3) is 0 Å². The molecule has 0 radical (unpaired) electrons. The number of hydrogen-bond acceptors (Lipinski definition) is 2. The van der Waals surface area contributed by atoms with E-state index in [4.69, 9.17) is 0 Å². The van der Waals surface area contributed by atoms with Gasteiger partial charge in [0, 0.05) is 13.8 Å². The third kappa shape index (κ3) is 5.44. The number of aryl methyl sites for hydroxylation is 4. The van der Waals surface area contributed by atoms with Gasteiger partial charge >= 0.3 is 0 Å². The normalized spacial score (nSPS) is 18.1. The zero-order valence-corrected chi connectivity index (χ0v) is 18.7. The molecule has 0 aromatic heterocycles. The molecule has 0 fully saturated rings. The summed E-state index contributed by atoms with van der Waals surface area (Å²) in [5.41, 5.74) is 7.12. The Balaban J connectivity index is 1.76. The second-order valence-corrected chi connectivity index (χ2v) is 8.66. The van der Waals surface area contributed by atoms with Gasteiger partial charge in [-0.3, -0.25) is 9.59 Å². The van der Waals surface area contributed by atoms with E-state index in [1.54, 1.807) is 0 Å². The van der Waals surface area contributed by atoms with Crippen LogP contribution >= 0.6 is 0 Å². The van der Waals surface area contributed by atoms with Crippen LogP contribution in [-0.2, 0) is 35.3 Å². The van der Waals surface area contributed by atoms with Crippen molar-refractivity contribution in [1.82, 2.24) is 10.6 Å². The van der Waals surface area contributed by atoms with Crippen molar-refractivity contribution in [1.29, 1.82) is 0 Å². The van der Waals surface area contributed by atoms with Crippen LogP contribution in [0.2, 0.25) is 0 Å². The lowest BCUT2D eigenvalue weighted by molar-refractivity contribution is -0.122. The summed E-state index contributed by atoms with van der Waals surface area (Å²) in [6, 6.07) is 25.0. The van der Waals surface area contributed by atoms with Gasteiger partial charge < -0.3 is 10.6 Å². The zero-order valence-electron chi connectivity index (χ0n) is 18.7. The second-order valence-electron chi connectivity index (χ2n) is 8.66. The van der Waals surface area contributed by atoms with Crippen molar-refractivity contribution in [2.24, 2.45) is 0 Å². The lowest BCUT2D eigenvalue weighted by atomic mass is 9.90. The summed E-state index contributed by atoms with van der Waals surface area (Å²) in [4.78, 5) is 24.1. The number of nitrogens with one attached hydrogen (secondary N) is 2. The van der Waals surface area contributed by atoms with Crippen molar-refractivity contribution in [3.8, 4) is 0 Å². The number of benzene rings is 3. The molecule has 3 aromatic carbocycles. The van der Waals surface area contributed by atoms with Gasteiger partial charge in [0.25, 0.3) is 0 Å². The van der Waals surface area contributed by atoms with Crippen LogP contribution in [0.15, 0.2) is 72.8 Å². The van der Waals surface area contributed by atoms with Gasteiger partial charge in [0.15, 0.2) is 0 Å². The van der Waals surface area contributed by atoms with Crippen molar-refractivity contribution in [2.45, 2.75) is 51.6 Å². The predicted octanol–water partition coefficient (Wildman–Crippen LogP) is 4.63. The van der Waals surface area contributed by atoms with Crippen LogP contribution in [0.3, 0.4) is 0 Å². The third-order valence-electron chi connectivity index (χ3n) is 6.16.